The number of hydrogen-bond acceptors (Lipinski definition) is 6. The van der Waals surface area contributed by atoms with Crippen LogP contribution in [0.2, 0.25) is 0 Å². The maximum atomic E-state index is 5.05. The molecular weight excluding hydrogens is 230 g/mol. The standard InChI is InChI=1S/C12H21N5O/c1-13-10-15-11(17-12(16-10)18-2)14-8-9-6-4-3-5-7-9/h9H,3-8H2,1-2H3,(H2,13,14,15,16,17). The Morgan fingerprint density at radius 1 is 1.11 bits per heavy atom. The molecule has 0 bridgehead atoms. The highest BCUT2D eigenvalue weighted by Gasteiger charge is 2.14. The summed E-state index contributed by atoms with van der Waals surface area (Å²) in [4.78, 5) is 12.5. The van der Waals surface area contributed by atoms with Crippen LogP contribution in [0.3, 0.4) is 0 Å². The van der Waals surface area contributed by atoms with Crippen molar-refractivity contribution in [3.05, 3.63) is 0 Å². The average Bonchev–Trinajstić information content (AvgIpc) is 2.45. The van der Waals surface area contributed by atoms with Gasteiger partial charge in [0.25, 0.3) is 0 Å². The Kier molecular flexibility index (Phi) is 4.55. The van der Waals surface area contributed by atoms with Crippen molar-refractivity contribution in [3.63, 3.8) is 0 Å². The van der Waals surface area contributed by atoms with Gasteiger partial charge in [-0.15, -0.1) is 0 Å². The van der Waals surface area contributed by atoms with Crippen LogP contribution in [-0.4, -0.2) is 35.7 Å². The van der Waals surface area contributed by atoms with Crippen molar-refractivity contribution in [3.8, 4) is 6.01 Å². The Labute approximate surface area is 108 Å². The highest BCUT2D eigenvalue weighted by molar-refractivity contribution is 5.35. The SMILES string of the molecule is CNc1nc(NCC2CCCCC2)nc(OC)n1. The highest BCUT2D eigenvalue weighted by atomic mass is 16.5. The van der Waals surface area contributed by atoms with Crippen molar-refractivity contribution in [2.24, 2.45) is 5.92 Å². The van der Waals surface area contributed by atoms with Crippen molar-refractivity contribution in [2.75, 3.05) is 31.3 Å². The second kappa shape index (κ2) is 6.37. The van der Waals surface area contributed by atoms with E-state index < -0.39 is 0 Å². The molecule has 1 fully saturated rings. The van der Waals surface area contributed by atoms with Crippen LogP contribution in [0.15, 0.2) is 0 Å². The topological polar surface area (TPSA) is 72.0 Å². The number of nitrogens with zero attached hydrogens (tertiary/aromatic N) is 3. The molecule has 6 heteroatoms. The molecule has 0 amide bonds. The third kappa shape index (κ3) is 3.45. The van der Waals surface area contributed by atoms with Gasteiger partial charge in [0.15, 0.2) is 0 Å². The monoisotopic (exact) mass is 251 g/mol. The smallest absolute Gasteiger partial charge is 0.322 e. The fourth-order valence-corrected chi connectivity index (χ4v) is 2.27. The van der Waals surface area contributed by atoms with Crippen LogP contribution < -0.4 is 15.4 Å². The molecule has 0 radical (unpaired) electrons. The number of methoxy groups -OCH3 is 1. The number of aromatic nitrogens is 3. The van der Waals surface area contributed by atoms with Crippen LogP contribution in [0, 0.1) is 5.92 Å². The second-order valence-corrected chi connectivity index (χ2v) is 4.60. The molecule has 1 aromatic heterocycles. The summed E-state index contributed by atoms with van der Waals surface area (Å²) in [5.74, 6) is 1.84. The first-order valence-electron chi connectivity index (χ1n) is 6.53. The lowest BCUT2D eigenvalue weighted by molar-refractivity contribution is 0.370. The summed E-state index contributed by atoms with van der Waals surface area (Å²) in [5, 5.41) is 6.18. The molecule has 1 aliphatic carbocycles. The van der Waals surface area contributed by atoms with Crippen LogP contribution in [0.5, 0.6) is 6.01 Å². The summed E-state index contributed by atoms with van der Waals surface area (Å²) < 4.78 is 5.05. The molecule has 18 heavy (non-hydrogen) atoms. The van der Waals surface area contributed by atoms with Crippen molar-refractivity contribution < 1.29 is 4.74 Å². The van der Waals surface area contributed by atoms with E-state index in [1.807, 2.05) is 0 Å². The summed E-state index contributed by atoms with van der Waals surface area (Å²) in [6, 6.07) is 0.334. The largest absolute Gasteiger partial charge is 0.467 e. The fourth-order valence-electron chi connectivity index (χ4n) is 2.27. The quantitative estimate of drug-likeness (QED) is 0.833. The molecule has 2 N–H and O–H groups in total. The van der Waals surface area contributed by atoms with E-state index in [1.165, 1.54) is 32.1 Å². The molecule has 0 aliphatic heterocycles. The van der Waals surface area contributed by atoms with Crippen LogP contribution in [-0.2, 0) is 0 Å². The van der Waals surface area contributed by atoms with Crippen LogP contribution >= 0.6 is 0 Å². The molecule has 1 aliphatic rings. The lowest BCUT2D eigenvalue weighted by Crippen LogP contribution is -2.19. The summed E-state index contributed by atoms with van der Waals surface area (Å²) >= 11 is 0. The first-order chi connectivity index (χ1) is 8.81. The minimum atomic E-state index is 0.334. The Balaban J connectivity index is 1.94. The Hall–Kier alpha value is -1.59. The molecule has 0 atom stereocenters. The number of anilines is 2. The third-order valence-corrected chi connectivity index (χ3v) is 3.29. The summed E-state index contributed by atoms with van der Waals surface area (Å²) in [6.45, 7) is 0.927. The van der Waals surface area contributed by atoms with Gasteiger partial charge in [-0.05, 0) is 18.8 Å². The highest BCUT2D eigenvalue weighted by Crippen LogP contribution is 2.23. The van der Waals surface area contributed by atoms with Gasteiger partial charge in [-0.2, -0.15) is 15.0 Å². The molecule has 0 unspecified atom stereocenters. The van der Waals surface area contributed by atoms with E-state index >= 15 is 0 Å². The van der Waals surface area contributed by atoms with Crippen LogP contribution in [0.4, 0.5) is 11.9 Å². The maximum absolute atomic E-state index is 5.05. The van der Waals surface area contributed by atoms with Crippen molar-refractivity contribution >= 4 is 11.9 Å². The van der Waals surface area contributed by atoms with Crippen LogP contribution in [0.25, 0.3) is 0 Å². The van der Waals surface area contributed by atoms with Crippen LogP contribution in [0.1, 0.15) is 32.1 Å². The fraction of sp³-hybridized carbons (Fsp3) is 0.750. The Bertz CT molecular complexity index is 356. The van der Waals surface area contributed by atoms with E-state index in [-0.39, 0.29) is 0 Å². The van der Waals surface area contributed by atoms with Gasteiger partial charge in [-0.25, -0.2) is 0 Å². The van der Waals surface area contributed by atoms with Gasteiger partial charge in [0.05, 0.1) is 7.11 Å². The predicted octanol–water partition coefficient (Wildman–Crippen LogP) is 1.91. The summed E-state index contributed by atoms with van der Waals surface area (Å²) in [6.07, 6.45) is 6.66. The molecule has 2 rings (SSSR count). The lowest BCUT2D eigenvalue weighted by atomic mass is 9.89. The Morgan fingerprint density at radius 3 is 2.50 bits per heavy atom. The number of rotatable bonds is 5. The van der Waals surface area contributed by atoms with Gasteiger partial charge in [-0.3, -0.25) is 0 Å². The molecule has 0 saturated heterocycles. The molecular formula is C12H21N5O. The molecule has 1 aromatic rings. The third-order valence-electron chi connectivity index (χ3n) is 3.29. The average molecular weight is 251 g/mol. The Morgan fingerprint density at radius 2 is 1.83 bits per heavy atom. The molecule has 1 heterocycles. The summed E-state index contributed by atoms with van der Waals surface area (Å²) in [5.41, 5.74) is 0. The van der Waals surface area contributed by atoms with E-state index in [0.29, 0.717) is 17.9 Å². The zero-order valence-corrected chi connectivity index (χ0v) is 11.1. The summed E-state index contributed by atoms with van der Waals surface area (Å²) in [7, 11) is 3.33. The zero-order valence-electron chi connectivity index (χ0n) is 11.1. The molecule has 6 nitrogen and oxygen atoms in total. The van der Waals surface area contributed by atoms with E-state index in [2.05, 4.69) is 25.6 Å². The first kappa shape index (κ1) is 12.9. The number of nitrogens with one attached hydrogen (secondary N) is 2. The van der Waals surface area contributed by atoms with Gasteiger partial charge in [-0.1, -0.05) is 19.3 Å². The minimum absolute atomic E-state index is 0.334. The van der Waals surface area contributed by atoms with Gasteiger partial charge in [0.1, 0.15) is 0 Å². The maximum Gasteiger partial charge on any atom is 0.322 e. The van der Waals surface area contributed by atoms with Crippen molar-refractivity contribution in [1.82, 2.24) is 15.0 Å². The van der Waals surface area contributed by atoms with Gasteiger partial charge >= 0.3 is 6.01 Å². The van der Waals surface area contributed by atoms with Crippen molar-refractivity contribution in [2.45, 2.75) is 32.1 Å². The van der Waals surface area contributed by atoms with E-state index in [9.17, 15) is 0 Å². The molecule has 0 spiro atoms. The number of ether oxygens (including phenoxy) is 1. The van der Waals surface area contributed by atoms with Gasteiger partial charge in [0, 0.05) is 13.6 Å². The molecule has 0 aromatic carbocycles. The number of hydrogen-bond donors (Lipinski definition) is 2. The minimum Gasteiger partial charge on any atom is -0.467 e. The lowest BCUT2D eigenvalue weighted by Gasteiger charge is -2.21. The first-order valence-corrected chi connectivity index (χ1v) is 6.53. The zero-order chi connectivity index (χ0) is 12.8. The van der Waals surface area contributed by atoms with Gasteiger partial charge in [0.2, 0.25) is 11.9 Å². The molecule has 100 valence electrons. The van der Waals surface area contributed by atoms with E-state index in [0.717, 1.165) is 12.5 Å². The predicted molar refractivity (Wildman–Crippen MR) is 71.0 cm³/mol. The van der Waals surface area contributed by atoms with Gasteiger partial charge < -0.3 is 15.4 Å². The second-order valence-electron chi connectivity index (χ2n) is 4.60. The van der Waals surface area contributed by atoms with E-state index in [1.54, 1.807) is 14.2 Å². The van der Waals surface area contributed by atoms with Crippen molar-refractivity contribution in [1.29, 1.82) is 0 Å². The van der Waals surface area contributed by atoms with E-state index in [4.69, 9.17) is 4.74 Å². The molecule has 1 saturated carbocycles. The normalized spacial score (nSPS) is 16.3.